The normalized spacial score (nSPS) is 10.0. The standard InChI is InChI=1S/C13H10BrNO2/c1-17-13(16)11-7-9(4-5-12(11)14)10-3-2-6-15-8-10/h2-8H,1H3. The Kier molecular flexibility index (Phi) is 3.54. The van der Waals surface area contributed by atoms with Crippen molar-refractivity contribution >= 4 is 21.9 Å². The Labute approximate surface area is 108 Å². The van der Waals surface area contributed by atoms with Crippen molar-refractivity contribution in [3.8, 4) is 11.1 Å². The molecule has 86 valence electrons. The number of rotatable bonds is 2. The van der Waals surface area contributed by atoms with Crippen molar-refractivity contribution in [3.05, 3.63) is 52.8 Å². The van der Waals surface area contributed by atoms with Crippen molar-refractivity contribution in [2.75, 3.05) is 7.11 Å². The molecule has 0 saturated carbocycles. The zero-order valence-corrected chi connectivity index (χ0v) is 10.8. The molecule has 2 aromatic rings. The van der Waals surface area contributed by atoms with Gasteiger partial charge in [0.1, 0.15) is 0 Å². The van der Waals surface area contributed by atoms with E-state index in [0.29, 0.717) is 5.56 Å². The predicted octanol–water partition coefficient (Wildman–Crippen LogP) is 3.30. The second-order valence-electron chi connectivity index (χ2n) is 3.43. The van der Waals surface area contributed by atoms with Gasteiger partial charge in [0.2, 0.25) is 0 Å². The van der Waals surface area contributed by atoms with E-state index in [1.54, 1.807) is 18.5 Å². The molecule has 1 aromatic carbocycles. The maximum atomic E-state index is 11.5. The monoisotopic (exact) mass is 291 g/mol. The van der Waals surface area contributed by atoms with Crippen LogP contribution in [0.15, 0.2) is 47.2 Å². The number of hydrogen-bond acceptors (Lipinski definition) is 3. The molecular weight excluding hydrogens is 282 g/mol. The molecule has 0 aliphatic rings. The summed E-state index contributed by atoms with van der Waals surface area (Å²) in [7, 11) is 1.37. The third kappa shape index (κ3) is 2.53. The minimum absolute atomic E-state index is 0.359. The number of pyridine rings is 1. The molecule has 0 fully saturated rings. The van der Waals surface area contributed by atoms with Gasteiger partial charge in [-0.05, 0) is 39.7 Å². The van der Waals surface area contributed by atoms with Crippen LogP contribution < -0.4 is 0 Å². The number of carbonyl (C=O) groups excluding carboxylic acids is 1. The van der Waals surface area contributed by atoms with Gasteiger partial charge in [-0.2, -0.15) is 0 Å². The molecule has 0 amide bonds. The van der Waals surface area contributed by atoms with Crippen LogP contribution in [0.3, 0.4) is 0 Å². The molecular formula is C13H10BrNO2. The van der Waals surface area contributed by atoms with Gasteiger partial charge >= 0.3 is 5.97 Å². The molecule has 4 heteroatoms. The number of methoxy groups -OCH3 is 1. The van der Waals surface area contributed by atoms with E-state index in [0.717, 1.165) is 15.6 Å². The molecule has 0 spiro atoms. The molecule has 0 aliphatic heterocycles. The zero-order valence-electron chi connectivity index (χ0n) is 9.18. The van der Waals surface area contributed by atoms with Crippen LogP contribution in [-0.2, 0) is 4.74 Å². The number of hydrogen-bond donors (Lipinski definition) is 0. The summed E-state index contributed by atoms with van der Waals surface area (Å²) in [6, 6.07) is 9.33. The fraction of sp³-hybridized carbons (Fsp3) is 0.0769. The van der Waals surface area contributed by atoms with E-state index in [2.05, 4.69) is 20.9 Å². The van der Waals surface area contributed by atoms with E-state index in [4.69, 9.17) is 4.74 Å². The van der Waals surface area contributed by atoms with Gasteiger partial charge in [0.15, 0.2) is 0 Å². The number of nitrogens with zero attached hydrogens (tertiary/aromatic N) is 1. The topological polar surface area (TPSA) is 39.2 Å². The number of esters is 1. The number of carbonyl (C=O) groups is 1. The molecule has 0 unspecified atom stereocenters. The predicted molar refractivity (Wildman–Crippen MR) is 68.7 cm³/mol. The summed E-state index contributed by atoms with van der Waals surface area (Å²) < 4.78 is 5.44. The summed E-state index contributed by atoms with van der Waals surface area (Å²) in [5, 5.41) is 0. The first kappa shape index (κ1) is 11.8. The Morgan fingerprint density at radius 1 is 1.29 bits per heavy atom. The Morgan fingerprint density at radius 2 is 2.12 bits per heavy atom. The molecule has 1 aromatic heterocycles. The van der Waals surface area contributed by atoms with Crippen LogP contribution in [0.4, 0.5) is 0 Å². The van der Waals surface area contributed by atoms with Crippen LogP contribution in [0.25, 0.3) is 11.1 Å². The summed E-state index contributed by atoms with van der Waals surface area (Å²) in [6.07, 6.45) is 3.47. The van der Waals surface area contributed by atoms with Crippen LogP contribution in [0.2, 0.25) is 0 Å². The highest BCUT2D eigenvalue weighted by Gasteiger charge is 2.11. The first-order chi connectivity index (χ1) is 8.22. The SMILES string of the molecule is COC(=O)c1cc(-c2cccnc2)ccc1Br. The number of ether oxygens (including phenoxy) is 1. The summed E-state index contributed by atoms with van der Waals surface area (Å²) >= 11 is 3.33. The van der Waals surface area contributed by atoms with E-state index < -0.39 is 0 Å². The molecule has 3 nitrogen and oxygen atoms in total. The van der Waals surface area contributed by atoms with Crippen LogP contribution >= 0.6 is 15.9 Å². The zero-order chi connectivity index (χ0) is 12.3. The Hall–Kier alpha value is -1.68. The van der Waals surface area contributed by atoms with E-state index in [-0.39, 0.29) is 5.97 Å². The van der Waals surface area contributed by atoms with Gasteiger partial charge in [-0.3, -0.25) is 4.98 Å². The van der Waals surface area contributed by atoms with Gasteiger partial charge in [-0.25, -0.2) is 4.79 Å². The average Bonchev–Trinajstić information content (AvgIpc) is 2.39. The Morgan fingerprint density at radius 3 is 2.76 bits per heavy atom. The minimum Gasteiger partial charge on any atom is -0.465 e. The quantitative estimate of drug-likeness (QED) is 0.797. The maximum Gasteiger partial charge on any atom is 0.339 e. The summed E-state index contributed by atoms with van der Waals surface area (Å²) in [5.41, 5.74) is 2.40. The van der Waals surface area contributed by atoms with Crippen LogP contribution in [0.1, 0.15) is 10.4 Å². The second-order valence-corrected chi connectivity index (χ2v) is 4.28. The average molecular weight is 292 g/mol. The van der Waals surface area contributed by atoms with E-state index in [9.17, 15) is 4.79 Å². The lowest BCUT2D eigenvalue weighted by Gasteiger charge is -2.06. The van der Waals surface area contributed by atoms with Crippen molar-refractivity contribution < 1.29 is 9.53 Å². The van der Waals surface area contributed by atoms with Crippen molar-refractivity contribution in [2.24, 2.45) is 0 Å². The van der Waals surface area contributed by atoms with Gasteiger partial charge in [-0.15, -0.1) is 0 Å². The third-order valence-electron chi connectivity index (χ3n) is 2.37. The summed E-state index contributed by atoms with van der Waals surface area (Å²) in [5.74, 6) is -0.359. The Bertz CT molecular complexity index is 540. The summed E-state index contributed by atoms with van der Waals surface area (Å²) in [4.78, 5) is 15.6. The number of benzene rings is 1. The minimum atomic E-state index is -0.359. The maximum absolute atomic E-state index is 11.5. The van der Waals surface area contributed by atoms with E-state index in [1.807, 2.05) is 24.3 Å². The molecule has 0 bridgehead atoms. The fourth-order valence-electron chi connectivity index (χ4n) is 1.50. The highest BCUT2D eigenvalue weighted by Crippen LogP contribution is 2.25. The summed E-state index contributed by atoms with van der Waals surface area (Å²) in [6.45, 7) is 0. The van der Waals surface area contributed by atoms with Crippen LogP contribution in [-0.4, -0.2) is 18.1 Å². The molecule has 0 saturated heterocycles. The fourth-order valence-corrected chi connectivity index (χ4v) is 1.91. The number of aromatic nitrogens is 1. The molecule has 0 atom stereocenters. The Balaban J connectivity index is 2.48. The molecule has 17 heavy (non-hydrogen) atoms. The molecule has 0 aliphatic carbocycles. The van der Waals surface area contributed by atoms with E-state index >= 15 is 0 Å². The van der Waals surface area contributed by atoms with Crippen LogP contribution in [0, 0.1) is 0 Å². The van der Waals surface area contributed by atoms with Gasteiger partial charge in [0.05, 0.1) is 12.7 Å². The van der Waals surface area contributed by atoms with Gasteiger partial charge in [-0.1, -0.05) is 12.1 Å². The highest BCUT2D eigenvalue weighted by molar-refractivity contribution is 9.10. The van der Waals surface area contributed by atoms with Crippen molar-refractivity contribution in [1.82, 2.24) is 4.98 Å². The van der Waals surface area contributed by atoms with Crippen molar-refractivity contribution in [3.63, 3.8) is 0 Å². The lowest BCUT2D eigenvalue weighted by Crippen LogP contribution is -2.02. The molecule has 1 heterocycles. The third-order valence-corrected chi connectivity index (χ3v) is 3.06. The van der Waals surface area contributed by atoms with Gasteiger partial charge in [0.25, 0.3) is 0 Å². The van der Waals surface area contributed by atoms with Gasteiger partial charge < -0.3 is 4.74 Å². The molecule has 2 rings (SSSR count). The smallest absolute Gasteiger partial charge is 0.339 e. The van der Waals surface area contributed by atoms with E-state index in [1.165, 1.54) is 7.11 Å². The number of halogens is 1. The largest absolute Gasteiger partial charge is 0.465 e. The van der Waals surface area contributed by atoms with Gasteiger partial charge in [0, 0.05) is 22.4 Å². The molecule has 0 radical (unpaired) electrons. The van der Waals surface area contributed by atoms with Crippen molar-refractivity contribution in [1.29, 1.82) is 0 Å². The second kappa shape index (κ2) is 5.10. The van der Waals surface area contributed by atoms with Crippen molar-refractivity contribution in [2.45, 2.75) is 0 Å². The first-order valence-corrected chi connectivity index (χ1v) is 5.80. The lowest BCUT2D eigenvalue weighted by molar-refractivity contribution is 0.0600. The van der Waals surface area contributed by atoms with Crippen LogP contribution in [0.5, 0.6) is 0 Å². The highest BCUT2D eigenvalue weighted by atomic mass is 79.9. The first-order valence-electron chi connectivity index (χ1n) is 5.00. The lowest BCUT2D eigenvalue weighted by atomic mass is 10.1. The molecule has 0 N–H and O–H groups in total.